The number of carbonyl (C=O) groups excluding carboxylic acids is 1. The van der Waals surface area contributed by atoms with Crippen LogP contribution in [0, 0.1) is 18.8 Å². The van der Waals surface area contributed by atoms with Crippen molar-refractivity contribution in [2.24, 2.45) is 17.6 Å². The smallest absolute Gasteiger partial charge is 0.233 e. The lowest BCUT2D eigenvalue weighted by Crippen LogP contribution is -2.43. The zero-order valence-electron chi connectivity index (χ0n) is 12.6. The van der Waals surface area contributed by atoms with Gasteiger partial charge in [0.25, 0.3) is 0 Å². The van der Waals surface area contributed by atoms with E-state index in [4.69, 9.17) is 18.0 Å². The summed E-state index contributed by atoms with van der Waals surface area (Å²) < 4.78 is 0. The van der Waals surface area contributed by atoms with Crippen molar-refractivity contribution in [3.05, 3.63) is 29.6 Å². The second-order valence-corrected chi connectivity index (χ2v) is 5.72. The van der Waals surface area contributed by atoms with Crippen LogP contribution < -0.4 is 5.73 Å². The predicted octanol–water partition coefficient (Wildman–Crippen LogP) is 2.30. The van der Waals surface area contributed by atoms with Crippen molar-refractivity contribution in [3.63, 3.8) is 0 Å². The molecule has 1 heterocycles. The molecule has 1 rings (SSSR count). The van der Waals surface area contributed by atoms with Gasteiger partial charge in [-0.3, -0.25) is 9.78 Å². The molecule has 110 valence electrons. The van der Waals surface area contributed by atoms with E-state index < -0.39 is 5.92 Å². The van der Waals surface area contributed by atoms with Crippen LogP contribution in [0.5, 0.6) is 0 Å². The fourth-order valence-corrected chi connectivity index (χ4v) is 2.53. The summed E-state index contributed by atoms with van der Waals surface area (Å²) in [7, 11) is 0. The van der Waals surface area contributed by atoms with Gasteiger partial charge in [-0.1, -0.05) is 32.1 Å². The molecule has 0 saturated heterocycles. The minimum atomic E-state index is -0.408. The Morgan fingerprint density at radius 1 is 1.45 bits per heavy atom. The Kier molecular flexibility index (Phi) is 6.07. The molecule has 1 unspecified atom stereocenters. The van der Waals surface area contributed by atoms with E-state index in [0.29, 0.717) is 13.1 Å². The average Bonchev–Trinajstić information content (AvgIpc) is 2.34. The van der Waals surface area contributed by atoms with Gasteiger partial charge < -0.3 is 10.6 Å². The van der Waals surface area contributed by atoms with E-state index in [2.05, 4.69) is 4.98 Å². The third-order valence-electron chi connectivity index (χ3n) is 3.23. The molecule has 1 atom stereocenters. The van der Waals surface area contributed by atoms with Crippen LogP contribution >= 0.6 is 12.2 Å². The van der Waals surface area contributed by atoms with Crippen molar-refractivity contribution in [3.8, 4) is 0 Å². The number of carbonyl (C=O) groups is 1. The summed E-state index contributed by atoms with van der Waals surface area (Å²) in [6.07, 6.45) is 0. The first kappa shape index (κ1) is 16.6. The number of aromatic nitrogens is 1. The summed E-state index contributed by atoms with van der Waals surface area (Å²) >= 11 is 5.04. The summed E-state index contributed by atoms with van der Waals surface area (Å²) in [6.45, 7) is 8.91. The first-order valence-electron chi connectivity index (χ1n) is 6.87. The monoisotopic (exact) mass is 293 g/mol. The Hall–Kier alpha value is -1.49. The fourth-order valence-electron chi connectivity index (χ4n) is 2.16. The highest BCUT2D eigenvalue weighted by Crippen LogP contribution is 2.16. The third-order valence-corrected chi connectivity index (χ3v) is 3.49. The van der Waals surface area contributed by atoms with Gasteiger partial charge in [0.1, 0.15) is 0 Å². The van der Waals surface area contributed by atoms with Gasteiger partial charge in [-0.15, -0.1) is 0 Å². The van der Waals surface area contributed by atoms with Gasteiger partial charge in [0.05, 0.1) is 23.1 Å². The van der Waals surface area contributed by atoms with Gasteiger partial charge in [-0.05, 0) is 31.9 Å². The molecule has 5 heteroatoms. The molecule has 0 aliphatic carbocycles. The molecule has 0 aliphatic heterocycles. The van der Waals surface area contributed by atoms with Crippen LogP contribution in [-0.4, -0.2) is 27.3 Å². The molecule has 0 aromatic carbocycles. The van der Waals surface area contributed by atoms with Crippen LogP contribution in [0.3, 0.4) is 0 Å². The number of pyridine rings is 1. The van der Waals surface area contributed by atoms with Gasteiger partial charge in [-0.25, -0.2) is 0 Å². The minimum absolute atomic E-state index is 0.0155. The minimum Gasteiger partial charge on any atom is -0.393 e. The van der Waals surface area contributed by atoms with Gasteiger partial charge in [0.2, 0.25) is 5.91 Å². The molecule has 0 radical (unpaired) electrons. The lowest BCUT2D eigenvalue weighted by atomic mass is 9.94. The van der Waals surface area contributed by atoms with Crippen LogP contribution in [0.4, 0.5) is 0 Å². The molecular formula is C15H23N3OS. The molecule has 1 aromatic rings. The first-order chi connectivity index (χ1) is 9.36. The second-order valence-electron chi connectivity index (χ2n) is 5.25. The molecule has 0 fully saturated rings. The summed E-state index contributed by atoms with van der Waals surface area (Å²) in [4.78, 5) is 19.0. The zero-order valence-corrected chi connectivity index (χ0v) is 13.4. The molecule has 0 aliphatic rings. The van der Waals surface area contributed by atoms with Crippen LogP contribution in [0.1, 0.15) is 32.2 Å². The number of nitrogens with zero attached hydrogens (tertiary/aromatic N) is 2. The highest BCUT2D eigenvalue weighted by molar-refractivity contribution is 7.80. The molecule has 0 bridgehead atoms. The van der Waals surface area contributed by atoms with Crippen LogP contribution in [-0.2, 0) is 11.3 Å². The summed E-state index contributed by atoms with van der Waals surface area (Å²) in [5, 5.41) is 0. The van der Waals surface area contributed by atoms with E-state index in [1.807, 2.05) is 45.9 Å². The molecule has 2 N–H and O–H groups in total. The quantitative estimate of drug-likeness (QED) is 0.818. The van der Waals surface area contributed by atoms with Crippen molar-refractivity contribution in [2.45, 2.75) is 34.2 Å². The van der Waals surface area contributed by atoms with Crippen LogP contribution in [0.15, 0.2) is 18.2 Å². The largest absolute Gasteiger partial charge is 0.393 e. The van der Waals surface area contributed by atoms with Crippen molar-refractivity contribution < 1.29 is 4.79 Å². The van der Waals surface area contributed by atoms with Crippen molar-refractivity contribution in [1.82, 2.24) is 9.88 Å². The molecular weight excluding hydrogens is 270 g/mol. The zero-order chi connectivity index (χ0) is 15.3. The Balaban J connectivity index is 2.89. The normalized spacial score (nSPS) is 12.2. The molecule has 0 spiro atoms. The average molecular weight is 293 g/mol. The standard InChI is InChI=1S/C15H23N3OS/c1-5-18(9-12-8-6-7-11(4)17-12)15(19)13(10(2)3)14(16)20/h6-8,10,13H,5,9H2,1-4H3,(H2,16,20). The van der Waals surface area contributed by atoms with Gasteiger partial charge in [-0.2, -0.15) is 0 Å². The van der Waals surface area contributed by atoms with Crippen molar-refractivity contribution >= 4 is 23.1 Å². The van der Waals surface area contributed by atoms with Crippen molar-refractivity contribution in [2.75, 3.05) is 6.54 Å². The maximum atomic E-state index is 12.6. The first-order valence-corrected chi connectivity index (χ1v) is 7.28. The number of aryl methyl sites for hydroxylation is 1. The third kappa shape index (κ3) is 4.27. The van der Waals surface area contributed by atoms with Gasteiger partial charge in [0, 0.05) is 12.2 Å². The maximum absolute atomic E-state index is 12.6. The number of hydrogen-bond acceptors (Lipinski definition) is 3. The number of hydrogen-bond donors (Lipinski definition) is 1. The summed E-state index contributed by atoms with van der Waals surface area (Å²) in [6, 6.07) is 5.81. The lowest BCUT2D eigenvalue weighted by molar-refractivity contribution is -0.134. The SMILES string of the molecule is CCN(Cc1cccc(C)n1)C(=O)C(C(N)=S)C(C)C. The molecule has 4 nitrogen and oxygen atoms in total. The fraction of sp³-hybridized carbons (Fsp3) is 0.533. The summed E-state index contributed by atoms with van der Waals surface area (Å²) in [5.41, 5.74) is 7.54. The molecule has 0 saturated carbocycles. The second kappa shape index (κ2) is 7.33. The number of amides is 1. The number of rotatable bonds is 6. The van der Waals surface area contributed by atoms with E-state index in [1.165, 1.54) is 0 Å². The Morgan fingerprint density at radius 3 is 2.55 bits per heavy atom. The van der Waals surface area contributed by atoms with Gasteiger partial charge >= 0.3 is 0 Å². The van der Waals surface area contributed by atoms with E-state index in [0.717, 1.165) is 11.4 Å². The molecule has 1 amide bonds. The maximum Gasteiger partial charge on any atom is 0.233 e. The number of thiocarbonyl (C=S) groups is 1. The van der Waals surface area contributed by atoms with Crippen molar-refractivity contribution in [1.29, 1.82) is 0 Å². The van der Waals surface area contributed by atoms with Gasteiger partial charge in [0.15, 0.2) is 0 Å². The number of nitrogens with two attached hydrogens (primary N) is 1. The van der Waals surface area contributed by atoms with E-state index in [-0.39, 0.29) is 16.8 Å². The molecule has 1 aromatic heterocycles. The highest BCUT2D eigenvalue weighted by Gasteiger charge is 2.28. The van der Waals surface area contributed by atoms with E-state index in [1.54, 1.807) is 4.90 Å². The summed E-state index contributed by atoms with van der Waals surface area (Å²) in [5.74, 6) is -0.326. The Bertz CT molecular complexity index is 488. The topological polar surface area (TPSA) is 59.2 Å². The highest BCUT2D eigenvalue weighted by atomic mass is 32.1. The predicted molar refractivity (Wildman–Crippen MR) is 85.2 cm³/mol. The Morgan fingerprint density at radius 2 is 2.10 bits per heavy atom. The van der Waals surface area contributed by atoms with E-state index in [9.17, 15) is 4.79 Å². The van der Waals surface area contributed by atoms with Crippen LogP contribution in [0.2, 0.25) is 0 Å². The Labute approximate surface area is 126 Å². The molecule has 20 heavy (non-hydrogen) atoms. The van der Waals surface area contributed by atoms with E-state index >= 15 is 0 Å². The van der Waals surface area contributed by atoms with Crippen LogP contribution in [0.25, 0.3) is 0 Å². The lowest BCUT2D eigenvalue weighted by Gasteiger charge is -2.27.